The first-order chi connectivity index (χ1) is 11.3. The molecule has 0 saturated carbocycles. The summed E-state index contributed by atoms with van der Waals surface area (Å²) < 4.78 is 6.49. The molecule has 0 aromatic heterocycles. The van der Waals surface area contributed by atoms with E-state index < -0.39 is 18.4 Å². The standard InChI is InChI=1S/C11H21.3C4H9.Sn/c1-7-11(5,6)8-10(4)9(2)3;3*1-3-4-2;/h2,7-8H2,1,3-6H3;3*1,3-4H2,2H3;. The van der Waals surface area contributed by atoms with Gasteiger partial charge in [-0.3, -0.25) is 0 Å². The quantitative estimate of drug-likeness (QED) is 0.186. The molecule has 144 valence electrons. The fourth-order valence-corrected chi connectivity index (χ4v) is 21.2. The average Bonchev–Trinajstić information content (AvgIpc) is 2.55. The Hall–Kier alpha value is 0.539. The maximum absolute atomic E-state index is 2.48. The summed E-state index contributed by atoms with van der Waals surface area (Å²) in [5, 5.41) is 0. The van der Waals surface area contributed by atoms with Gasteiger partial charge in [-0.05, 0) is 0 Å². The van der Waals surface area contributed by atoms with E-state index in [0.717, 1.165) is 0 Å². The van der Waals surface area contributed by atoms with Crippen LogP contribution in [-0.4, -0.2) is 18.4 Å². The Kier molecular flexibility index (Phi) is 13.1. The molecule has 0 aliphatic rings. The molecule has 0 fully saturated rings. The van der Waals surface area contributed by atoms with Crippen LogP contribution in [0.3, 0.4) is 0 Å². The van der Waals surface area contributed by atoms with E-state index in [-0.39, 0.29) is 0 Å². The van der Waals surface area contributed by atoms with Crippen LogP contribution in [0.1, 0.15) is 107 Å². The van der Waals surface area contributed by atoms with Crippen LogP contribution in [0, 0.1) is 5.41 Å². The van der Waals surface area contributed by atoms with E-state index in [9.17, 15) is 0 Å². The number of rotatable bonds is 14. The zero-order valence-electron chi connectivity index (χ0n) is 18.5. The Labute approximate surface area is 159 Å². The Balaban J connectivity index is 5.28. The summed E-state index contributed by atoms with van der Waals surface area (Å²) in [7, 11) is 0. The monoisotopic (exact) mass is 444 g/mol. The third-order valence-corrected chi connectivity index (χ3v) is 22.0. The first kappa shape index (κ1) is 24.5. The van der Waals surface area contributed by atoms with E-state index in [1.165, 1.54) is 51.4 Å². The van der Waals surface area contributed by atoms with Gasteiger partial charge in [0.2, 0.25) is 0 Å². The van der Waals surface area contributed by atoms with Crippen molar-refractivity contribution < 1.29 is 0 Å². The molecule has 0 unspecified atom stereocenters. The fourth-order valence-electron chi connectivity index (χ4n) is 4.00. The van der Waals surface area contributed by atoms with Crippen LogP contribution in [0.5, 0.6) is 0 Å². The van der Waals surface area contributed by atoms with E-state index in [4.69, 9.17) is 0 Å². The molecule has 0 aliphatic carbocycles. The molecule has 1 heteroatoms. The number of hydrogen-bond donors (Lipinski definition) is 0. The summed E-state index contributed by atoms with van der Waals surface area (Å²) in [6.45, 7) is 19.3. The summed E-state index contributed by atoms with van der Waals surface area (Å²) in [6.07, 6.45) is 11.2. The van der Waals surface area contributed by atoms with E-state index in [2.05, 4.69) is 55.4 Å². The molecule has 0 rings (SSSR count). The van der Waals surface area contributed by atoms with Gasteiger partial charge in [0, 0.05) is 0 Å². The second-order valence-corrected chi connectivity index (χ2v) is 23.1. The fraction of sp³-hybridized carbons (Fsp3) is 0.913. The van der Waals surface area contributed by atoms with Crippen molar-refractivity contribution in [2.24, 2.45) is 5.41 Å². The SMILES string of the molecule is CCC[CH2][Sn]([CH2]CCC)([CH2]CCC)[CH2]C(C)=C(C)CC(C)(C)CC. The molecule has 0 spiro atoms. The van der Waals surface area contributed by atoms with Gasteiger partial charge >= 0.3 is 159 Å². The molecule has 0 aromatic rings. The topological polar surface area (TPSA) is 0 Å². The van der Waals surface area contributed by atoms with Gasteiger partial charge in [0.15, 0.2) is 0 Å². The Morgan fingerprint density at radius 3 is 1.46 bits per heavy atom. The van der Waals surface area contributed by atoms with Crippen LogP contribution in [0.4, 0.5) is 0 Å². The molecule has 0 aliphatic heterocycles. The van der Waals surface area contributed by atoms with Crippen molar-refractivity contribution in [1.82, 2.24) is 0 Å². The van der Waals surface area contributed by atoms with Crippen molar-refractivity contribution in [3.05, 3.63) is 11.1 Å². The van der Waals surface area contributed by atoms with Crippen LogP contribution >= 0.6 is 0 Å². The second-order valence-electron chi connectivity index (χ2n) is 9.24. The van der Waals surface area contributed by atoms with Gasteiger partial charge in [-0.2, -0.15) is 0 Å². The van der Waals surface area contributed by atoms with Gasteiger partial charge in [0.05, 0.1) is 0 Å². The molecule has 24 heavy (non-hydrogen) atoms. The number of unbranched alkanes of at least 4 members (excludes halogenated alkanes) is 3. The summed E-state index contributed by atoms with van der Waals surface area (Å²) in [4.78, 5) is 0. The third-order valence-electron chi connectivity index (χ3n) is 6.25. The van der Waals surface area contributed by atoms with Crippen molar-refractivity contribution in [1.29, 1.82) is 0 Å². The van der Waals surface area contributed by atoms with Gasteiger partial charge in [-0.25, -0.2) is 0 Å². The summed E-state index contributed by atoms with van der Waals surface area (Å²) >= 11 is -2.00. The zero-order valence-corrected chi connectivity index (χ0v) is 21.3. The van der Waals surface area contributed by atoms with E-state index in [0.29, 0.717) is 5.41 Å². The van der Waals surface area contributed by atoms with Crippen LogP contribution in [0.2, 0.25) is 17.7 Å². The van der Waals surface area contributed by atoms with Gasteiger partial charge in [0.25, 0.3) is 0 Å². The Morgan fingerprint density at radius 2 is 1.12 bits per heavy atom. The molecule has 0 N–H and O–H groups in total. The maximum atomic E-state index is 2.48. The van der Waals surface area contributed by atoms with Gasteiger partial charge in [0.1, 0.15) is 0 Å². The van der Waals surface area contributed by atoms with Crippen molar-refractivity contribution in [3.63, 3.8) is 0 Å². The van der Waals surface area contributed by atoms with Crippen molar-refractivity contribution >= 4 is 18.4 Å². The van der Waals surface area contributed by atoms with Gasteiger partial charge < -0.3 is 0 Å². The number of allylic oxidation sites excluding steroid dienone is 2. The minimum absolute atomic E-state index is 0.472. The second kappa shape index (κ2) is 12.8. The minimum atomic E-state index is -2.00. The van der Waals surface area contributed by atoms with Crippen LogP contribution < -0.4 is 0 Å². The zero-order chi connectivity index (χ0) is 18.6. The van der Waals surface area contributed by atoms with Crippen LogP contribution in [0.25, 0.3) is 0 Å². The predicted molar refractivity (Wildman–Crippen MR) is 117 cm³/mol. The van der Waals surface area contributed by atoms with Gasteiger partial charge in [-0.1, -0.05) is 0 Å². The predicted octanol–water partition coefficient (Wildman–Crippen LogP) is 9.00. The van der Waals surface area contributed by atoms with E-state index in [1.54, 1.807) is 28.9 Å². The normalized spacial score (nSPS) is 14.0. The molecule has 0 heterocycles. The molecule has 0 aromatic carbocycles. The third kappa shape index (κ3) is 9.88. The molecular weight excluding hydrogens is 395 g/mol. The van der Waals surface area contributed by atoms with E-state index in [1.807, 2.05) is 0 Å². The van der Waals surface area contributed by atoms with E-state index >= 15 is 0 Å². The van der Waals surface area contributed by atoms with Crippen LogP contribution in [-0.2, 0) is 0 Å². The molecule has 0 amide bonds. The Morgan fingerprint density at radius 1 is 0.708 bits per heavy atom. The average molecular weight is 443 g/mol. The first-order valence-corrected chi connectivity index (χ1v) is 19.0. The first-order valence-electron chi connectivity index (χ1n) is 10.9. The molecule has 0 saturated heterocycles. The summed E-state index contributed by atoms with van der Waals surface area (Å²) in [5.41, 5.74) is 3.97. The Bertz CT molecular complexity index is 329. The summed E-state index contributed by atoms with van der Waals surface area (Å²) in [6, 6.07) is 0. The number of hydrogen-bond acceptors (Lipinski definition) is 0. The van der Waals surface area contributed by atoms with Crippen molar-refractivity contribution in [2.75, 3.05) is 0 Å². The van der Waals surface area contributed by atoms with Gasteiger partial charge in [-0.15, -0.1) is 0 Å². The molecule has 0 nitrogen and oxygen atoms in total. The molecule has 0 radical (unpaired) electrons. The van der Waals surface area contributed by atoms with Crippen LogP contribution in [0.15, 0.2) is 11.1 Å². The van der Waals surface area contributed by atoms with Crippen molar-refractivity contribution in [2.45, 2.75) is 125 Å². The molecular formula is C23H48Sn. The molecule has 0 atom stereocenters. The van der Waals surface area contributed by atoms with Crippen molar-refractivity contribution in [3.8, 4) is 0 Å². The molecule has 0 bridgehead atoms. The summed E-state index contributed by atoms with van der Waals surface area (Å²) in [5.74, 6) is 0.